The summed E-state index contributed by atoms with van der Waals surface area (Å²) < 4.78 is 33.7. The number of benzene rings is 2. The van der Waals surface area contributed by atoms with E-state index in [-0.39, 0.29) is 23.5 Å². The third-order valence-corrected chi connectivity index (χ3v) is 4.91. The molecule has 4 atom stereocenters. The van der Waals surface area contributed by atoms with Crippen LogP contribution in [0.3, 0.4) is 0 Å². The van der Waals surface area contributed by atoms with E-state index in [1.165, 1.54) is 24.3 Å². The molecule has 2 aromatic rings. The van der Waals surface area contributed by atoms with Gasteiger partial charge in [-0.05, 0) is 49.2 Å². The van der Waals surface area contributed by atoms with Gasteiger partial charge in [0.15, 0.2) is 0 Å². The Morgan fingerprint density at radius 2 is 1.32 bits per heavy atom. The summed E-state index contributed by atoms with van der Waals surface area (Å²) in [5.41, 5.74) is 1.57. The van der Waals surface area contributed by atoms with Crippen LogP contribution in [0.4, 0.5) is 8.78 Å². The van der Waals surface area contributed by atoms with Crippen LogP contribution >= 0.6 is 18.8 Å². The van der Waals surface area contributed by atoms with Crippen molar-refractivity contribution in [1.82, 2.24) is 4.44 Å². The topological polar surface area (TPSA) is 29.5 Å². The molecule has 0 amide bonds. The number of halogens is 2. The quantitative estimate of drug-likeness (QED) is 0.550. The summed E-state index contributed by atoms with van der Waals surface area (Å²) in [6, 6.07) is 11.6. The maximum atomic E-state index is 13.3. The lowest BCUT2D eigenvalue weighted by Crippen LogP contribution is -2.33. The summed E-state index contributed by atoms with van der Waals surface area (Å²) in [5, 5.41) is 0. The zero-order valence-electron chi connectivity index (χ0n) is 14.0. The maximum Gasteiger partial charge on any atom is 0.323 e. The summed E-state index contributed by atoms with van der Waals surface area (Å²) in [7, 11) is 4.79. The van der Waals surface area contributed by atoms with Gasteiger partial charge in [-0.25, -0.2) is 8.78 Å². The predicted molar refractivity (Wildman–Crippen MR) is 101 cm³/mol. The van der Waals surface area contributed by atoms with Crippen LogP contribution in [-0.2, 0) is 9.53 Å². The fraction of sp³-hybridized carbons (Fsp3) is 0.278. The van der Waals surface area contributed by atoms with Gasteiger partial charge in [0.25, 0.3) is 0 Å². The van der Waals surface area contributed by atoms with Gasteiger partial charge >= 0.3 is 5.97 Å². The minimum atomic E-state index is -0.513. The van der Waals surface area contributed by atoms with E-state index >= 15 is 0 Å². The zero-order chi connectivity index (χ0) is 18.6. The van der Waals surface area contributed by atoms with Crippen molar-refractivity contribution in [2.75, 3.05) is 0 Å². The van der Waals surface area contributed by atoms with E-state index in [9.17, 15) is 13.6 Å². The van der Waals surface area contributed by atoms with Gasteiger partial charge < -0.3 is 4.74 Å². The molecule has 0 bridgehead atoms. The first kappa shape index (κ1) is 19.9. The highest BCUT2D eigenvalue weighted by atomic mass is 31.1. The van der Waals surface area contributed by atoms with E-state index in [1.807, 2.05) is 0 Å². The summed E-state index contributed by atoms with van der Waals surface area (Å²) in [6.07, 6.45) is -0.513. The van der Waals surface area contributed by atoms with Crippen LogP contribution < -0.4 is 0 Å². The molecule has 3 nitrogen and oxygen atoms in total. The summed E-state index contributed by atoms with van der Waals surface area (Å²) in [4.78, 5) is 12.3. The number of carbonyl (C=O) groups is 1. The van der Waals surface area contributed by atoms with E-state index in [2.05, 4.69) is 18.8 Å². The Labute approximate surface area is 151 Å². The molecule has 7 heteroatoms. The fourth-order valence-electron chi connectivity index (χ4n) is 2.55. The molecule has 0 saturated carbocycles. The summed E-state index contributed by atoms with van der Waals surface area (Å²) >= 11 is 0. The predicted octanol–water partition coefficient (Wildman–Crippen LogP) is 4.30. The van der Waals surface area contributed by atoms with E-state index in [1.54, 1.807) is 42.6 Å². The highest BCUT2D eigenvalue weighted by molar-refractivity contribution is 7.31. The molecule has 2 rings (SSSR count). The molecule has 134 valence electrons. The van der Waals surface area contributed by atoms with Gasteiger partial charge in [-0.3, -0.25) is 9.24 Å². The number of hydrogen-bond acceptors (Lipinski definition) is 3. The lowest BCUT2D eigenvalue weighted by atomic mass is 9.87. The molecule has 0 radical (unpaired) electrons. The van der Waals surface area contributed by atoms with Crippen LogP contribution in [0.5, 0.6) is 0 Å². The van der Waals surface area contributed by atoms with Crippen LogP contribution in [0, 0.1) is 11.6 Å². The lowest BCUT2D eigenvalue weighted by molar-refractivity contribution is -0.151. The van der Waals surface area contributed by atoms with Gasteiger partial charge in [0.2, 0.25) is 0 Å². The number of esters is 1. The first-order chi connectivity index (χ1) is 11.8. The van der Waals surface area contributed by atoms with Crippen LogP contribution in [0.2, 0.25) is 0 Å². The molecule has 0 N–H and O–H groups in total. The van der Waals surface area contributed by atoms with Gasteiger partial charge in [-0.15, -0.1) is 0 Å². The smallest absolute Gasteiger partial charge is 0.323 e. The van der Waals surface area contributed by atoms with Crippen molar-refractivity contribution in [3.8, 4) is 0 Å². The highest BCUT2D eigenvalue weighted by Crippen LogP contribution is 2.31. The second-order valence-corrected chi connectivity index (χ2v) is 7.63. The third-order valence-electron chi connectivity index (χ3n) is 4.02. The zero-order valence-corrected chi connectivity index (χ0v) is 16.3. The Balaban J connectivity index is 2.32. The fourth-order valence-corrected chi connectivity index (χ4v) is 2.79. The van der Waals surface area contributed by atoms with E-state index in [0.29, 0.717) is 0 Å². The van der Waals surface area contributed by atoms with E-state index in [4.69, 9.17) is 4.74 Å². The Bertz CT molecular complexity index is 663. The molecule has 0 spiro atoms. The second-order valence-electron chi connectivity index (χ2n) is 5.85. The van der Waals surface area contributed by atoms with Crippen LogP contribution in [0.1, 0.15) is 30.9 Å². The molecule has 2 aromatic carbocycles. The average Bonchev–Trinajstić information content (AvgIpc) is 2.57. The molecular weight excluding hydrogens is 362 g/mol. The van der Waals surface area contributed by atoms with Crippen molar-refractivity contribution in [1.29, 1.82) is 0 Å². The lowest BCUT2D eigenvalue weighted by Gasteiger charge is -2.27. The molecule has 0 aliphatic heterocycles. The highest BCUT2D eigenvalue weighted by Gasteiger charge is 2.27. The minimum absolute atomic E-state index is 0.334. The largest absolute Gasteiger partial charge is 0.460 e. The Hall–Kier alpha value is -1.41. The molecule has 2 unspecified atom stereocenters. The number of rotatable bonds is 6. The number of ether oxygens (including phenoxy) is 1. The van der Waals surface area contributed by atoms with Crippen molar-refractivity contribution in [2.24, 2.45) is 0 Å². The van der Waals surface area contributed by atoms with Crippen LogP contribution in [0.15, 0.2) is 48.5 Å². The minimum Gasteiger partial charge on any atom is -0.460 e. The molecule has 25 heavy (non-hydrogen) atoms. The first-order valence-electron chi connectivity index (χ1n) is 7.79. The van der Waals surface area contributed by atoms with Crippen LogP contribution in [0.25, 0.3) is 0 Å². The Morgan fingerprint density at radius 1 is 0.920 bits per heavy atom. The average molecular weight is 383 g/mol. The Kier molecular flexibility index (Phi) is 7.01. The standard InChI is InChI=1S/C18H21F2NO2P2/c1-11(21(24)25)18(22)23-12(2)17(13-3-7-15(19)8-4-13)14-5-9-16(20)10-6-14/h3-12,17H,24-25H2,1-2H3/t11-,12+/m1/s1. The first-order valence-corrected chi connectivity index (χ1v) is 8.83. The van der Waals surface area contributed by atoms with Gasteiger partial charge in [-0.2, -0.15) is 0 Å². The molecular formula is C18H21F2NO2P2. The normalized spacial score (nSPS) is 13.8. The molecule has 0 aliphatic rings. The SMILES string of the molecule is C[C@H](OC(=O)[C@@H](C)N(P)P)C(c1ccc(F)cc1)c1ccc(F)cc1. The molecule has 0 aromatic heterocycles. The van der Waals surface area contributed by atoms with E-state index in [0.717, 1.165) is 11.1 Å². The van der Waals surface area contributed by atoms with Gasteiger partial charge in [0.1, 0.15) is 23.8 Å². The van der Waals surface area contributed by atoms with Gasteiger partial charge in [0, 0.05) is 5.92 Å². The molecule has 0 heterocycles. The monoisotopic (exact) mass is 383 g/mol. The maximum absolute atomic E-state index is 13.3. The molecule has 0 saturated heterocycles. The number of hydrogen-bond donors (Lipinski definition) is 0. The van der Waals surface area contributed by atoms with Gasteiger partial charge in [0.05, 0.1) is 0 Å². The third kappa shape index (κ3) is 5.28. The van der Waals surface area contributed by atoms with Gasteiger partial charge in [-0.1, -0.05) is 43.0 Å². The van der Waals surface area contributed by atoms with Crippen molar-refractivity contribution in [3.05, 3.63) is 71.3 Å². The van der Waals surface area contributed by atoms with E-state index < -0.39 is 12.1 Å². The van der Waals surface area contributed by atoms with Crippen LogP contribution in [-0.4, -0.2) is 22.6 Å². The number of carbonyl (C=O) groups excluding carboxylic acids is 1. The number of nitrogens with zero attached hydrogens (tertiary/aromatic N) is 1. The molecule has 0 fully saturated rings. The van der Waals surface area contributed by atoms with Crippen molar-refractivity contribution < 1.29 is 18.3 Å². The summed E-state index contributed by atoms with van der Waals surface area (Å²) in [6.45, 7) is 3.50. The van der Waals surface area contributed by atoms with Crippen molar-refractivity contribution in [2.45, 2.75) is 31.9 Å². The van der Waals surface area contributed by atoms with Crippen molar-refractivity contribution in [3.63, 3.8) is 0 Å². The molecule has 0 aliphatic carbocycles. The summed E-state index contributed by atoms with van der Waals surface area (Å²) in [5.74, 6) is -1.41. The second kappa shape index (κ2) is 8.80. The van der Waals surface area contributed by atoms with Crippen molar-refractivity contribution >= 4 is 24.8 Å². The Morgan fingerprint density at radius 3 is 1.68 bits per heavy atom.